The Bertz CT molecular complexity index is 630. The van der Waals surface area contributed by atoms with Crippen LogP contribution < -0.4 is 0 Å². The molecular weight excluding hydrogens is 294 g/mol. The molecule has 6 heteroatoms. The van der Waals surface area contributed by atoms with Gasteiger partial charge in [-0.15, -0.1) is 0 Å². The van der Waals surface area contributed by atoms with Crippen LogP contribution in [0.2, 0.25) is 0 Å². The van der Waals surface area contributed by atoms with Crippen molar-refractivity contribution >= 4 is 23.6 Å². The molecule has 0 bridgehead atoms. The fourth-order valence-corrected chi connectivity index (χ4v) is 2.62. The van der Waals surface area contributed by atoms with Gasteiger partial charge in [-0.05, 0) is 18.9 Å². The van der Waals surface area contributed by atoms with E-state index in [1.165, 1.54) is 14.1 Å². The van der Waals surface area contributed by atoms with Crippen LogP contribution >= 0.6 is 0 Å². The van der Waals surface area contributed by atoms with E-state index in [0.29, 0.717) is 12.1 Å². The highest BCUT2D eigenvalue weighted by Crippen LogP contribution is 2.23. The van der Waals surface area contributed by atoms with E-state index in [9.17, 15) is 14.4 Å². The molecule has 23 heavy (non-hydrogen) atoms. The van der Waals surface area contributed by atoms with Crippen LogP contribution in [-0.4, -0.2) is 47.5 Å². The molecule has 0 N–H and O–H groups in total. The Morgan fingerprint density at radius 2 is 1.61 bits per heavy atom. The highest BCUT2D eigenvalue weighted by atomic mass is 16.2. The smallest absolute Gasteiger partial charge is 0.285 e. The molecule has 122 valence electrons. The molecule has 1 aromatic carbocycles. The average Bonchev–Trinajstić information content (AvgIpc) is 2.58. The molecule has 1 fully saturated rings. The monoisotopic (exact) mass is 315 g/mol. The zero-order chi connectivity index (χ0) is 17.1. The van der Waals surface area contributed by atoms with Gasteiger partial charge >= 0.3 is 6.03 Å². The summed E-state index contributed by atoms with van der Waals surface area (Å²) in [6, 6.07) is 8.89. The minimum Gasteiger partial charge on any atom is -0.285 e. The quantitative estimate of drug-likeness (QED) is 0.632. The lowest BCUT2D eigenvalue weighted by molar-refractivity contribution is -0.144. The number of barbiturate groups is 1. The zero-order valence-corrected chi connectivity index (χ0v) is 13.8. The van der Waals surface area contributed by atoms with Crippen molar-refractivity contribution in [2.45, 2.75) is 26.3 Å². The van der Waals surface area contributed by atoms with Crippen LogP contribution in [-0.2, 0) is 9.59 Å². The van der Waals surface area contributed by atoms with E-state index in [0.717, 1.165) is 15.4 Å². The van der Waals surface area contributed by atoms with Crippen LogP contribution in [0, 0.1) is 5.92 Å². The van der Waals surface area contributed by atoms with Gasteiger partial charge in [-0.3, -0.25) is 24.4 Å². The van der Waals surface area contributed by atoms with E-state index >= 15 is 0 Å². The number of rotatable bonds is 4. The SMILES string of the molecule is CCC(=N[C@H](C)c1ccccc1)C1C(=O)N(C)C(=O)N(C)C1=O. The van der Waals surface area contributed by atoms with Gasteiger partial charge < -0.3 is 0 Å². The number of benzene rings is 1. The summed E-state index contributed by atoms with van der Waals surface area (Å²) in [5.41, 5.74) is 1.51. The standard InChI is InChI=1S/C17H21N3O3/c1-5-13(18-11(2)12-9-7-6-8-10-12)14-15(21)19(3)17(23)20(4)16(14)22/h6-11,14H,5H2,1-4H3/t11-/m1/s1. The van der Waals surface area contributed by atoms with Crippen molar-refractivity contribution < 1.29 is 14.4 Å². The van der Waals surface area contributed by atoms with E-state index in [4.69, 9.17) is 0 Å². The molecule has 1 saturated heterocycles. The summed E-state index contributed by atoms with van der Waals surface area (Å²) in [5, 5.41) is 0. The maximum Gasteiger partial charge on any atom is 0.332 e. The second-order valence-electron chi connectivity index (χ2n) is 5.57. The molecule has 0 unspecified atom stereocenters. The number of urea groups is 1. The molecule has 1 heterocycles. The molecule has 2 rings (SSSR count). The Morgan fingerprint density at radius 3 is 2.09 bits per heavy atom. The van der Waals surface area contributed by atoms with Gasteiger partial charge in [0.1, 0.15) is 0 Å². The zero-order valence-electron chi connectivity index (χ0n) is 13.8. The summed E-state index contributed by atoms with van der Waals surface area (Å²) in [5.74, 6) is -2.04. The van der Waals surface area contributed by atoms with Gasteiger partial charge in [0.05, 0.1) is 6.04 Å². The first kappa shape index (κ1) is 16.9. The summed E-state index contributed by atoms with van der Waals surface area (Å²) < 4.78 is 0. The first-order valence-electron chi connectivity index (χ1n) is 7.59. The second-order valence-corrected chi connectivity index (χ2v) is 5.57. The van der Waals surface area contributed by atoms with Crippen molar-refractivity contribution in [1.29, 1.82) is 0 Å². The molecule has 4 amide bonds. The lowest BCUT2D eigenvalue weighted by Gasteiger charge is -2.33. The first-order valence-corrected chi connectivity index (χ1v) is 7.59. The second kappa shape index (κ2) is 6.73. The predicted molar refractivity (Wildman–Crippen MR) is 87.0 cm³/mol. The molecule has 1 aliphatic rings. The molecule has 0 aliphatic carbocycles. The number of carbonyl (C=O) groups is 3. The summed E-state index contributed by atoms with van der Waals surface area (Å²) in [6.45, 7) is 3.77. The maximum atomic E-state index is 12.4. The highest BCUT2D eigenvalue weighted by Gasteiger charge is 2.44. The molecule has 0 spiro atoms. The highest BCUT2D eigenvalue weighted by molar-refractivity contribution is 6.27. The van der Waals surface area contributed by atoms with Gasteiger partial charge in [0.15, 0.2) is 5.92 Å². The first-order chi connectivity index (χ1) is 10.9. The summed E-state index contributed by atoms with van der Waals surface area (Å²) >= 11 is 0. The van der Waals surface area contributed by atoms with Crippen LogP contribution in [0.1, 0.15) is 31.9 Å². The van der Waals surface area contributed by atoms with Crippen LogP contribution in [0.3, 0.4) is 0 Å². The van der Waals surface area contributed by atoms with Crippen molar-refractivity contribution in [3.8, 4) is 0 Å². The van der Waals surface area contributed by atoms with Gasteiger partial charge in [0.25, 0.3) is 0 Å². The molecule has 6 nitrogen and oxygen atoms in total. The fraction of sp³-hybridized carbons (Fsp3) is 0.412. The molecular formula is C17H21N3O3. The van der Waals surface area contributed by atoms with Crippen LogP contribution in [0.15, 0.2) is 35.3 Å². The molecule has 1 atom stereocenters. The van der Waals surface area contributed by atoms with Gasteiger partial charge in [0.2, 0.25) is 11.8 Å². The maximum absolute atomic E-state index is 12.4. The van der Waals surface area contributed by atoms with Gasteiger partial charge in [-0.25, -0.2) is 4.79 Å². The lowest BCUT2D eigenvalue weighted by Crippen LogP contribution is -2.58. The summed E-state index contributed by atoms with van der Waals surface area (Å²) in [6.07, 6.45) is 0.467. The van der Waals surface area contributed by atoms with E-state index in [1.54, 1.807) is 0 Å². The Morgan fingerprint density at radius 1 is 1.09 bits per heavy atom. The third-order valence-corrected chi connectivity index (χ3v) is 4.07. The number of hydrogen-bond donors (Lipinski definition) is 0. The number of nitrogens with zero attached hydrogens (tertiary/aromatic N) is 3. The van der Waals surface area contributed by atoms with Crippen molar-refractivity contribution in [3.63, 3.8) is 0 Å². The topological polar surface area (TPSA) is 70.1 Å². The van der Waals surface area contributed by atoms with Gasteiger partial charge in [-0.1, -0.05) is 37.3 Å². The van der Waals surface area contributed by atoms with Crippen LogP contribution in [0.5, 0.6) is 0 Å². The molecule has 0 saturated carbocycles. The lowest BCUT2D eigenvalue weighted by atomic mass is 9.95. The number of imide groups is 2. The summed E-state index contributed by atoms with van der Waals surface area (Å²) in [7, 11) is 2.77. The van der Waals surface area contributed by atoms with Gasteiger partial charge in [-0.2, -0.15) is 0 Å². The number of amides is 4. The van der Waals surface area contributed by atoms with E-state index in [-0.39, 0.29) is 6.04 Å². The minimum atomic E-state index is -1.01. The average molecular weight is 315 g/mol. The third-order valence-electron chi connectivity index (χ3n) is 4.07. The van der Waals surface area contributed by atoms with Crippen LogP contribution in [0.4, 0.5) is 4.79 Å². The van der Waals surface area contributed by atoms with E-state index in [2.05, 4.69) is 4.99 Å². The van der Waals surface area contributed by atoms with Crippen molar-refractivity contribution in [3.05, 3.63) is 35.9 Å². The number of aliphatic imine (C=N–C) groups is 1. The number of hydrogen-bond acceptors (Lipinski definition) is 4. The normalized spacial score (nSPS) is 18.6. The van der Waals surface area contributed by atoms with E-state index in [1.807, 2.05) is 44.2 Å². The number of carbonyl (C=O) groups excluding carboxylic acids is 3. The van der Waals surface area contributed by atoms with Crippen molar-refractivity contribution in [1.82, 2.24) is 9.80 Å². The Balaban J connectivity index is 2.36. The predicted octanol–water partition coefficient (Wildman–Crippen LogP) is 2.27. The Kier molecular flexibility index (Phi) is 4.93. The van der Waals surface area contributed by atoms with Crippen LogP contribution in [0.25, 0.3) is 0 Å². The van der Waals surface area contributed by atoms with Crippen molar-refractivity contribution in [2.75, 3.05) is 14.1 Å². The molecule has 0 radical (unpaired) electrons. The Hall–Kier alpha value is -2.50. The molecule has 1 aliphatic heterocycles. The van der Waals surface area contributed by atoms with Crippen molar-refractivity contribution in [2.24, 2.45) is 10.9 Å². The fourth-order valence-electron chi connectivity index (χ4n) is 2.62. The third kappa shape index (κ3) is 3.16. The minimum absolute atomic E-state index is 0.167. The molecule has 0 aromatic heterocycles. The van der Waals surface area contributed by atoms with Gasteiger partial charge in [0, 0.05) is 19.8 Å². The summed E-state index contributed by atoms with van der Waals surface area (Å²) in [4.78, 5) is 43.1. The largest absolute Gasteiger partial charge is 0.332 e. The molecule has 1 aromatic rings. The Labute approximate surface area is 135 Å². The van der Waals surface area contributed by atoms with E-state index < -0.39 is 23.8 Å².